The topological polar surface area (TPSA) is 32.5 Å². The lowest BCUT2D eigenvalue weighted by Gasteiger charge is -2.36. The predicted molar refractivity (Wildman–Crippen MR) is 103 cm³/mol. The summed E-state index contributed by atoms with van der Waals surface area (Å²) in [6.45, 7) is 9.24. The van der Waals surface area contributed by atoms with E-state index in [0.29, 0.717) is 0 Å². The summed E-state index contributed by atoms with van der Waals surface area (Å²) in [5.74, 6) is 1.69. The van der Waals surface area contributed by atoms with Gasteiger partial charge in [0.05, 0.1) is 10.6 Å². The number of hydrogen-bond acceptors (Lipinski definition) is 5. The van der Waals surface area contributed by atoms with Gasteiger partial charge in [0.1, 0.15) is 5.76 Å². The fraction of sp³-hybridized carbons (Fsp3) is 0.350. The molecule has 3 aromatic rings. The Bertz CT molecular complexity index is 833. The maximum absolute atomic E-state index is 5.87. The van der Waals surface area contributed by atoms with E-state index < -0.39 is 0 Å². The molecule has 5 heteroatoms. The summed E-state index contributed by atoms with van der Waals surface area (Å²) in [7, 11) is 0. The molecule has 0 radical (unpaired) electrons. The molecular formula is C20H23N3OS. The summed E-state index contributed by atoms with van der Waals surface area (Å²) in [4.78, 5) is 10.8. The van der Waals surface area contributed by atoms with Gasteiger partial charge in [0.25, 0.3) is 0 Å². The van der Waals surface area contributed by atoms with Crippen LogP contribution in [0.25, 0.3) is 10.8 Å². The second-order valence-corrected chi connectivity index (χ2v) is 7.55. The van der Waals surface area contributed by atoms with Crippen LogP contribution in [0.3, 0.4) is 0 Å². The van der Waals surface area contributed by atoms with E-state index in [0.717, 1.165) is 54.9 Å². The van der Waals surface area contributed by atoms with E-state index >= 15 is 0 Å². The van der Waals surface area contributed by atoms with Gasteiger partial charge in [0.2, 0.25) is 5.89 Å². The zero-order valence-electron chi connectivity index (χ0n) is 14.7. The highest BCUT2D eigenvalue weighted by Crippen LogP contribution is 2.27. The molecule has 1 fully saturated rings. The van der Waals surface area contributed by atoms with Crippen molar-refractivity contribution < 1.29 is 4.42 Å². The smallest absolute Gasteiger partial charge is 0.236 e. The van der Waals surface area contributed by atoms with Gasteiger partial charge in [-0.3, -0.25) is 4.90 Å². The molecule has 3 heterocycles. The van der Waals surface area contributed by atoms with Crippen molar-refractivity contribution in [2.75, 3.05) is 31.1 Å². The van der Waals surface area contributed by atoms with E-state index in [2.05, 4.69) is 52.4 Å². The Kier molecular flexibility index (Phi) is 4.59. The minimum Gasteiger partial charge on any atom is -0.440 e. The molecule has 0 N–H and O–H groups in total. The first-order chi connectivity index (χ1) is 12.2. The second kappa shape index (κ2) is 7.02. The average molecular weight is 353 g/mol. The number of oxazole rings is 1. The van der Waals surface area contributed by atoms with Gasteiger partial charge in [-0.25, -0.2) is 4.98 Å². The first kappa shape index (κ1) is 16.4. The van der Waals surface area contributed by atoms with Crippen molar-refractivity contribution in [1.29, 1.82) is 0 Å². The highest BCUT2D eigenvalue weighted by Gasteiger charge is 2.20. The lowest BCUT2D eigenvalue weighted by molar-refractivity contribution is 0.246. The summed E-state index contributed by atoms with van der Waals surface area (Å²) < 4.78 is 5.87. The number of thiophene rings is 1. The van der Waals surface area contributed by atoms with Crippen LogP contribution in [-0.2, 0) is 6.54 Å². The van der Waals surface area contributed by atoms with Crippen molar-refractivity contribution in [2.45, 2.75) is 20.4 Å². The Morgan fingerprint density at radius 1 is 1.08 bits per heavy atom. The Balaban J connectivity index is 1.39. The van der Waals surface area contributed by atoms with Gasteiger partial charge in [0.15, 0.2) is 0 Å². The highest BCUT2D eigenvalue weighted by atomic mass is 32.1. The van der Waals surface area contributed by atoms with Crippen LogP contribution in [0.15, 0.2) is 46.2 Å². The third-order valence-corrected chi connectivity index (χ3v) is 5.59. The van der Waals surface area contributed by atoms with E-state index in [9.17, 15) is 0 Å². The minimum absolute atomic E-state index is 0.751. The summed E-state index contributed by atoms with van der Waals surface area (Å²) >= 11 is 1.67. The number of piperazine rings is 1. The molecule has 130 valence electrons. The fourth-order valence-corrected chi connectivity index (χ4v) is 3.93. The Hall–Kier alpha value is -2.11. The van der Waals surface area contributed by atoms with Gasteiger partial charge in [-0.1, -0.05) is 18.2 Å². The van der Waals surface area contributed by atoms with Crippen LogP contribution in [-0.4, -0.2) is 36.1 Å². The molecule has 0 aliphatic carbocycles. The summed E-state index contributed by atoms with van der Waals surface area (Å²) in [5, 5.41) is 2.05. The van der Waals surface area contributed by atoms with E-state index in [4.69, 9.17) is 9.40 Å². The number of nitrogens with zero attached hydrogens (tertiary/aromatic N) is 3. The number of rotatable bonds is 4. The Morgan fingerprint density at radius 2 is 1.92 bits per heavy atom. The van der Waals surface area contributed by atoms with Crippen molar-refractivity contribution in [1.82, 2.24) is 9.88 Å². The quantitative estimate of drug-likeness (QED) is 0.698. The van der Waals surface area contributed by atoms with Crippen molar-refractivity contribution in [3.8, 4) is 10.8 Å². The number of benzene rings is 1. The maximum atomic E-state index is 5.87. The second-order valence-electron chi connectivity index (χ2n) is 6.60. The SMILES string of the molecule is Cc1cccc(N2CCN(Cc3nc(-c4cccs4)oc3C)CC2)c1. The standard InChI is InChI=1S/C20H23N3OS/c1-15-5-3-6-17(13-15)23-10-8-22(9-11-23)14-18-16(2)24-20(21-18)19-7-4-12-25-19/h3-7,12-13H,8-11,14H2,1-2H3. The molecule has 1 saturated heterocycles. The Labute approximate surface area is 152 Å². The van der Waals surface area contributed by atoms with Gasteiger partial charge < -0.3 is 9.32 Å². The monoisotopic (exact) mass is 353 g/mol. The lowest BCUT2D eigenvalue weighted by atomic mass is 10.2. The number of hydrogen-bond donors (Lipinski definition) is 0. The molecule has 1 aliphatic rings. The molecular weight excluding hydrogens is 330 g/mol. The van der Waals surface area contributed by atoms with Crippen molar-refractivity contribution >= 4 is 17.0 Å². The van der Waals surface area contributed by atoms with Crippen molar-refractivity contribution in [2.24, 2.45) is 0 Å². The average Bonchev–Trinajstić information content (AvgIpc) is 3.26. The van der Waals surface area contributed by atoms with E-state index in [1.54, 1.807) is 11.3 Å². The molecule has 4 rings (SSSR count). The number of anilines is 1. The van der Waals surface area contributed by atoms with E-state index in [1.165, 1.54) is 11.3 Å². The summed E-state index contributed by atoms with van der Waals surface area (Å²) in [6.07, 6.45) is 0. The third kappa shape index (κ3) is 3.62. The molecule has 25 heavy (non-hydrogen) atoms. The molecule has 4 nitrogen and oxygen atoms in total. The summed E-state index contributed by atoms with van der Waals surface area (Å²) in [5.41, 5.74) is 3.71. The molecule has 0 unspecified atom stereocenters. The van der Waals surface area contributed by atoms with Crippen LogP contribution < -0.4 is 4.90 Å². The van der Waals surface area contributed by atoms with Crippen LogP contribution in [0.4, 0.5) is 5.69 Å². The maximum Gasteiger partial charge on any atom is 0.236 e. The van der Waals surface area contributed by atoms with Gasteiger partial charge in [-0.05, 0) is 43.0 Å². The normalized spacial score (nSPS) is 15.7. The third-order valence-electron chi connectivity index (χ3n) is 4.74. The van der Waals surface area contributed by atoms with Crippen LogP contribution in [0.2, 0.25) is 0 Å². The molecule has 2 aromatic heterocycles. The molecule has 1 aliphatic heterocycles. The molecule has 0 amide bonds. The lowest BCUT2D eigenvalue weighted by Crippen LogP contribution is -2.46. The number of aryl methyl sites for hydroxylation is 2. The van der Waals surface area contributed by atoms with Crippen molar-refractivity contribution in [3.63, 3.8) is 0 Å². The largest absolute Gasteiger partial charge is 0.440 e. The van der Waals surface area contributed by atoms with Gasteiger partial charge in [-0.15, -0.1) is 11.3 Å². The molecule has 1 aromatic carbocycles. The van der Waals surface area contributed by atoms with E-state index in [-0.39, 0.29) is 0 Å². The zero-order chi connectivity index (χ0) is 17.2. The molecule has 0 spiro atoms. The van der Waals surface area contributed by atoms with E-state index in [1.807, 2.05) is 13.0 Å². The predicted octanol–water partition coefficient (Wildman–Crippen LogP) is 4.34. The highest BCUT2D eigenvalue weighted by molar-refractivity contribution is 7.13. The first-order valence-electron chi connectivity index (χ1n) is 8.73. The van der Waals surface area contributed by atoms with Crippen LogP contribution in [0, 0.1) is 13.8 Å². The molecule has 0 saturated carbocycles. The Morgan fingerprint density at radius 3 is 2.64 bits per heavy atom. The first-order valence-corrected chi connectivity index (χ1v) is 9.61. The molecule has 0 atom stereocenters. The van der Waals surface area contributed by atoms with Gasteiger partial charge >= 0.3 is 0 Å². The molecule has 0 bridgehead atoms. The number of aromatic nitrogens is 1. The fourth-order valence-electron chi connectivity index (χ4n) is 3.28. The minimum atomic E-state index is 0.751. The zero-order valence-corrected chi connectivity index (χ0v) is 15.6. The summed E-state index contributed by atoms with van der Waals surface area (Å²) in [6, 6.07) is 12.9. The van der Waals surface area contributed by atoms with Crippen LogP contribution in [0.5, 0.6) is 0 Å². The van der Waals surface area contributed by atoms with Crippen LogP contribution in [0.1, 0.15) is 17.0 Å². The van der Waals surface area contributed by atoms with Gasteiger partial charge in [0, 0.05) is 38.4 Å². The van der Waals surface area contributed by atoms with Crippen molar-refractivity contribution in [3.05, 3.63) is 58.8 Å². The van der Waals surface area contributed by atoms with Crippen LogP contribution >= 0.6 is 11.3 Å². The van der Waals surface area contributed by atoms with Gasteiger partial charge in [-0.2, -0.15) is 0 Å².